The first-order valence-electron chi connectivity index (χ1n) is 11.2. The van der Waals surface area contributed by atoms with Crippen LogP contribution in [0.2, 0.25) is 5.02 Å². The molecule has 0 bridgehead atoms. The van der Waals surface area contributed by atoms with E-state index in [-0.39, 0.29) is 0 Å². The highest BCUT2D eigenvalue weighted by atomic mass is 35.5. The van der Waals surface area contributed by atoms with Gasteiger partial charge in [0.25, 0.3) is 0 Å². The van der Waals surface area contributed by atoms with E-state index in [1.165, 1.54) is 27.8 Å². The molecule has 3 rings (SSSR count). The van der Waals surface area contributed by atoms with Gasteiger partial charge in [-0.2, -0.15) is 0 Å². The number of hydrogen-bond donors (Lipinski definition) is 2. The van der Waals surface area contributed by atoms with Crippen LogP contribution >= 0.6 is 11.6 Å². The second-order valence-corrected chi connectivity index (χ2v) is 9.29. The van der Waals surface area contributed by atoms with Crippen molar-refractivity contribution in [2.45, 2.75) is 54.5 Å². The van der Waals surface area contributed by atoms with Gasteiger partial charge in [-0.25, -0.2) is 4.98 Å². The molecule has 0 atom stereocenters. The maximum Gasteiger partial charge on any atom is 0.126 e. The van der Waals surface area contributed by atoms with Crippen LogP contribution in [0.4, 0.5) is 11.5 Å². The Morgan fingerprint density at radius 3 is 2.09 bits per heavy atom. The highest BCUT2D eigenvalue weighted by Gasteiger charge is 2.19. The molecule has 0 unspecified atom stereocenters. The van der Waals surface area contributed by atoms with Gasteiger partial charge in [-0.05, 0) is 101 Å². The number of halogens is 1. The van der Waals surface area contributed by atoms with E-state index < -0.39 is 0 Å². The topological polar surface area (TPSA) is 37.0 Å². The maximum absolute atomic E-state index is 6.95. The second-order valence-electron chi connectivity index (χ2n) is 8.91. The van der Waals surface area contributed by atoms with E-state index in [1.54, 1.807) is 0 Å². The van der Waals surface area contributed by atoms with Crippen molar-refractivity contribution in [2.24, 2.45) is 0 Å². The Bertz CT molecular complexity index is 1080. The molecule has 4 heteroatoms. The SMILES string of the molecule is CC(C)=CCNc1ccc(-c2c(C)c(C)c(-c3ccc(NC(C)C)nc3)c(Cl)c2C)cc1. The van der Waals surface area contributed by atoms with Gasteiger partial charge in [0.15, 0.2) is 0 Å². The summed E-state index contributed by atoms with van der Waals surface area (Å²) in [4.78, 5) is 4.58. The summed E-state index contributed by atoms with van der Waals surface area (Å²) in [7, 11) is 0. The lowest BCUT2D eigenvalue weighted by molar-refractivity contribution is 0.889. The van der Waals surface area contributed by atoms with Crippen molar-refractivity contribution in [1.29, 1.82) is 0 Å². The highest BCUT2D eigenvalue weighted by Crippen LogP contribution is 2.42. The molecule has 3 nitrogen and oxygen atoms in total. The quantitative estimate of drug-likeness (QED) is 0.358. The van der Waals surface area contributed by atoms with E-state index in [1.807, 2.05) is 12.3 Å². The Hall–Kier alpha value is -2.78. The Morgan fingerprint density at radius 2 is 1.53 bits per heavy atom. The van der Waals surface area contributed by atoms with Gasteiger partial charge in [0.1, 0.15) is 5.82 Å². The summed E-state index contributed by atoms with van der Waals surface area (Å²) in [6.45, 7) is 15.7. The minimum absolute atomic E-state index is 0.344. The molecule has 3 aromatic rings. The fourth-order valence-corrected chi connectivity index (χ4v) is 4.29. The predicted molar refractivity (Wildman–Crippen MR) is 141 cm³/mol. The number of hydrogen-bond acceptors (Lipinski definition) is 3. The van der Waals surface area contributed by atoms with Crippen molar-refractivity contribution in [1.82, 2.24) is 4.98 Å². The lowest BCUT2D eigenvalue weighted by Gasteiger charge is -2.20. The predicted octanol–water partition coefficient (Wildman–Crippen LogP) is 8.19. The fraction of sp³-hybridized carbons (Fsp3) is 0.321. The molecule has 0 aliphatic carbocycles. The largest absolute Gasteiger partial charge is 0.382 e. The molecule has 168 valence electrons. The molecule has 0 radical (unpaired) electrons. The van der Waals surface area contributed by atoms with Crippen molar-refractivity contribution in [3.8, 4) is 22.3 Å². The van der Waals surface area contributed by atoms with Crippen molar-refractivity contribution < 1.29 is 0 Å². The summed E-state index contributed by atoms with van der Waals surface area (Å²) in [5.74, 6) is 0.876. The van der Waals surface area contributed by atoms with E-state index in [4.69, 9.17) is 11.6 Å². The third-order valence-electron chi connectivity index (χ3n) is 5.72. The van der Waals surface area contributed by atoms with Crippen LogP contribution in [0.5, 0.6) is 0 Å². The number of allylic oxidation sites excluding steroid dienone is 1. The molecule has 0 amide bonds. The molecule has 2 N–H and O–H groups in total. The fourth-order valence-electron chi connectivity index (χ4n) is 3.95. The molecule has 0 spiro atoms. The van der Waals surface area contributed by atoms with Crippen LogP contribution in [0.15, 0.2) is 54.2 Å². The van der Waals surface area contributed by atoms with Crippen LogP contribution in [0, 0.1) is 20.8 Å². The summed E-state index contributed by atoms with van der Waals surface area (Å²) in [6, 6.07) is 13.1. The Labute approximate surface area is 197 Å². The van der Waals surface area contributed by atoms with Crippen LogP contribution in [0.1, 0.15) is 44.4 Å². The summed E-state index contributed by atoms with van der Waals surface area (Å²) in [5.41, 5.74) is 10.4. The smallest absolute Gasteiger partial charge is 0.126 e. The zero-order valence-corrected chi connectivity index (χ0v) is 21.0. The number of benzene rings is 2. The second kappa shape index (κ2) is 10.2. The first-order valence-corrected chi connectivity index (χ1v) is 11.6. The first kappa shape index (κ1) is 23.9. The van der Waals surface area contributed by atoms with Gasteiger partial charge in [-0.1, -0.05) is 35.4 Å². The van der Waals surface area contributed by atoms with Crippen molar-refractivity contribution in [3.63, 3.8) is 0 Å². The number of nitrogens with zero attached hydrogens (tertiary/aromatic N) is 1. The van der Waals surface area contributed by atoms with E-state index >= 15 is 0 Å². The number of anilines is 2. The number of pyridine rings is 1. The van der Waals surface area contributed by atoms with Crippen molar-refractivity contribution >= 4 is 23.1 Å². The molecule has 0 fully saturated rings. The van der Waals surface area contributed by atoms with Crippen molar-refractivity contribution in [2.75, 3.05) is 17.2 Å². The normalized spacial score (nSPS) is 10.9. The lowest BCUT2D eigenvalue weighted by atomic mass is 9.87. The highest BCUT2D eigenvalue weighted by molar-refractivity contribution is 6.35. The van der Waals surface area contributed by atoms with Crippen LogP contribution in [-0.2, 0) is 0 Å². The summed E-state index contributed by atoms with van der Waals surface area (Å²) >= 11 is 6.95. The summed E-state index contributed by atoms with van der Waals surface area (Å²) < 4.78 is 0. The Kier molecular flexibility index (Phi) is 7.63. The molecule has 1 aromatic heterocycles. The minimum atomic E-state index is 0.344. The Balaban J connectivity index is 1.96. The zero-order valence-electron chi connectivity index (χ0n) is 20.2. The van der Waals surface area contributed by atoms with Gasteiger partial charge >= 0.3 is 0 Å². The summed E-state index contributed by atoms with van der Waals surface area (Å²) in [5, 5.41) is 7.57. The molecule has 2 aromatic carbocycles. The van der Waals surface area contributed by atoms with E-state index in [0.717, 1.165) is 39.8 Å². The van der Waals surface area contributed by atoms with Crippen LogP contribution in [-0.4, -0.2) is 17.6 Å². The monoisotopic (exact) mass is 447 g/mol. The zero-order chi connectivity index (χ0) is 23.4. The minimum Gasteiger partial charge on any atom is -0.382 e. The van der Waals surface area contributed by atoms with Crippen LogP contribution in [0.25, 0.3) is 22.3 Å². The van der Waals surface area contributed by atoms with Crippen molar-refractivity contribution in [3.05, 3.63) is 76.0 Å². The molecular weight excluding hydrogens is 414 g/mol. The molecule has 0 aliphatic rings. The molecule has 0 aliphatic heterocycles. The van der Waals surface area contributed by atoms with E-state index in [2.05, 4.69) is 100 Å². The van der Waals surface area contributed by atoms with Crippen LogP contribution < -0.4 is 10.6 Å². The molecule has 1 heterocycles. The number of nitrogens with one attached hydrogen (secondary N) is 2. The first-order chi connectivity index (χ1) is 15.2. The van der Waals surface area contributed by atoms with Crippen LogP contribution in [0.3, 0.4) is 0 Å². The molecule has 0 saturated carbocycles. The summed E-state index contributed by atoms with van der Waals surface area (Å²) in [6.07, 6.45) is 4.09. The maximum atomic E-state index is 6.95. The van der Waals surface area contributed by atoms with Gasteiger partial charge in [0.2, 0.25) is 0 Å². The third-order valence-corrected chi connectivity index (χ3v) is 6.19. The van der Waals surface area contributed by atoms with E-state index in [0.29, 0.717) is 6.04 Å². The molecule has 32 heavy (non-hydrogen) atoms. The number of aromatic nitrogens is 1. The lowest BCUT2D eigenvalue weighted by Crippen LogP contribution is -2.10. The van der Waals surface area contributed by atoms with Gasteiger partial charge in [0.05, 0.1) is 5.02 Å². The van der Waals surface area contributed by atoms with E-state index in [9.17, 15) is 0 Å². The molecule has 0 saturated heterocycles. The standard InChI is InChI=1S/C28H34ClN3/c1-17(2)14-15-30-24-11-8-22(9-12-24)26-19(5)20(6)27(28(29)21(26)7)23-10-13-25(31-16-23)32-18(3)4/h8-14,16,18,30H,15H2,1-7H3,(H,31,32). The van der Waals surface area contributed by atoms with Gasteiger partial charge < -0.3 is 10.6 Å². The third kappa shape index (κ3) is 5.34. The average Bonchev–Trinajstić information content (AvgIpc) is 2.74. The average molecular weight is 448 g/mol. The van der Waals surface area contributed by atoms with Gasteiger partial charge in [0, 0.05) is 35.6 Å². The number of rotatable bonds is 7. The van der Waals surface area contributed by atoms with Gasteiger partial charge in [-0.3, -0.25) is 0 Å². The van der Waals surface area contributed by atoms with Gasteiger partial charge in [-0.15, -0.1) is 0 Å². The molecular formula is C28H34ClN3. The Morgan fingerprint density at radius 1 is 0.906 bits per heavy atom.